The summed E-state index contributed by atoms with van der Waals surface area (Å²) in [7, 11) is -0.0551. The van der Waals surface area contributed by atoms with Crippen LogP contribution in [0.1, 0.15) is 32.0 Å². The van der Waals surface area contributed by atoms with Gasteiger partial charge in [-0.3, -0.25) is 4.98 Å². The van der Waals surface area contributed by atoms with E-state index in [0.29, 0.717) is 24.3 Å². The Kier molecular flexibility index (Phi) is 5.61. The van der Waals surface area contributed by atoms with E-state index in [0.717, 1.165) is 41.6 Å². The molecular formula is C18H26N6O2S. The van der Waals surface area contributed by atoms with E-state index in [1.165, 1.54) is 4.31 Å². The number of aryl methyl sites for hydroxylation is 2. The minimum absolute atomic E-state index is 0.137. The SMILES string of the molecule is CCCc1nc2c(N)nc3cccnc3c2n1CCCCS(=O)(=O)N(C)C. The van der Waals surface area contributed by atoms with Crippen LogP contribution < -0.4 is 5.73 Å². The van der Waals surface area contributed by atoms with Crippen molar-refractivity contribution in [2.75, 3.05) is 25.6 Å². The van der Waals surface area contributed by atoms with Crippen LogP contribution in [0.2, 0.25) is 0 Å². The van der Waals surface area contributed by atoms with E-state index in [1.54, 1.807) is 20.3 Å². The first-order valence-corrected chi connectivity index (χ1v) is 10.8. The maximum absolute atomic E-state index is 12.0. The van der Waals surface area contributed by atoms with Gasteiger partial charge < -0.3 is 10.3 Å². The lowest BCUT2D eigenvalue weighted by atomic mass is 10.2. The first-order valence-electron chi connectivity index (χ1n) is 9.14. The van der Waals surface area contributed by atoms with Gasteiger partial charge in [0.05, 0.1) is 11.3 Å². The molecule has 0 aromatic carbocycles. The Balaban J connectivity index is 1.96. The number of anilines is 1. The number of nitrogen functional groups attached to an aromatic ring is 1. The number of hydrogen-bond donors (Lipinski definition) is 1. The molecule has 0 unspecified atom stereocenters. The summed E-state index contributed by atoms with van der Waals surface area (Å²) in [5.41, 5.74) is 9.22. The van der Waals surface area contributed by atoms with Crippen molar-refractivity contribution in [2.45, 2.75) is 39.2 Å². The molecule has 3 heterocycles. The van der Waals surface area contributed by atoms with E-state index in [2.05, 4.69) is 21.5 Å². The van der Waals surface area contributed by atoms with Gasteiger partial charge in [0.2, 0.25) is 10.0 Å². The standard InChI is InChI=1S/C18H26N6O2S/c1-4-8-14-22-16-17(15-13(21-18(16)19)9-7-10-20-15)24(14)11-5-6-12-27(25,26)23(2)3/h7,9-10H,4-6,8,11-12H2,1-3H3,(H2,19,21). The molecule has 8 nitrogen and oxygen atoms in total. The number of rotatable bonds is 8. The Labute approximate surface area is 159 Å². The zero-order valence-corrected chi connectivity index (χ0v) is 16.8. The van der Waals surface area contributed by atoms with Crippen molar-refractivity contribution in [2.24, 2.45) is 0 Å². The molecule has 146 valence electrons. The van der Waals surface area contributed by atoms with E-state index in [1.807, 2.05) is 12.1 Å². The fraction of sp³-hybridized carbons (Fsp3) is 0.500. The molecule has 27 heavy (non-hydrogen) atoms. The second kappa shape index (κ2) is 7.77. The van der Waals surface area contributed by atoms with Crippen LogP contribution in [0.3, 0.4) is 0 Å². The lowest BCUT2D eigenvalue weighted by molar-refractivity contribution is 0.514. The first kappa shape index (κ1) is 19.5. The maximum Gasteiger partial charge on any atom is 0.213 e. The van der Waals surface area contributed by atoms with Crippen molar-refractivity contribution < 1.29 is 8.42 Å². The molecule has 0 atom stereocenters. The molecule has 0 saturated carbocycles. The highest BCUT2D eigenvalue weighted by atomic mass is 32.2. The Hall–Kier alpha value is -2.26. The summed E-state index contributed by atoms with van der Waals surface area (Å²) in [6.07, 6.45) is 4.82. The van der Waals surface area contributed by atoms with E-state index < -0.39 is 10.0 Å². The number of fused-ring (bicyclic) bond motifs is 3. The molecule has 0 saturated heterocycles. The zero-order chi connectivity index (χ0) is 19.6. The number of nitrogens with two attached hydrogens (primary N) is 1. The maximum atomic E-state index is 12.0. The van der Waals surface area contributed by atoms with Gasteiger partial charge in [-0.25, -0.2) is 22.7 Å². The summed E-state index contributed by atoms with van der Waals surface area (Å²) in [5, 5.41) is 0. The third-order valence-corrected chi connectivity index (χ3v) is 6.52. The van der Waals surface area contributed by atoms with Gasteiger partial charge in [0, 0.05) is 33.3 Å². The molecule has 3 aromatic rings. The lowest BCUT2D eigenvalue weighted by Crippen LogP contribution is -2.25. The summed E-state index contributed by atoms with van der Waals surface area (Å²) in [6, 6.07) is 3.72. The third-order valence-electron chi connectivity index (χ3n) is 4.60. The molecule has 0 aliphatic heterocycles. The first-order chi connectivity index (χ1) is 12.8. The summed E-state index contributed by atoms with van der Waals surface area (Å²) in [5.74, 6) is 1.48. The van der Waals surface area contributed by atoms with Crippen molar-refractivity contribution in [1.29, 1.82) is 0 Å². The molecule has 0 bridgehead atoms. The third kappa shape index (κ3) is 3.89. The highest BCUT2D eigenvalue weighted by Gasteiger charge is 2.18. The highest BCUT2D eigenvalue weighted by molar-refractivity contribution is 7.89. The van der Waals surface area contributed by atoms with Crippen LogP contribution in [0.15, 0.2) is 18.3 Å². The van der Waals surface area contributed by atoms with Crippen molar-refractivity contribution >= 4 is 37.9 Å². The van der Waals surface area contributed by atoms with Crippen LogP contribution in [0.4, 0.5) is 5.82 Å². The summed E-state index contributed by atoms with van der Waals surface area (Å²) < 4.78 is 27.3. The molecule has 0 fully saturated rings. The Morgan fingerprint density at radius 2 is 1.96 bits per heavy atom. The lowest BCUT2D eigenvalue weighted by Gasteiger charge is -2.12. The molecule has 2 N–H and O–H groups in total. The van der Waals surface area contributed by atoms with Gasteiger partial charge in [0.15, 0.2) is 5.82 Å². The zero-order valence-electron chi connectivity index (χ0n) is 16.0. The number of nitrogens with zero attached hydrogens (tertiary/aromatic N) is 5. The normalized spacial score (nSPS) is 12.4. The smallest absolute Gasteiger partial charge is 0.213 e. The van der Waals surface area contributed by atoms with Crippen molar-refractivity contribution in [3.63, 3.8) is 0 Å². The fourth-order valence-electron chi connectivity index (χ4n) is 3.16. The molecule has 9 heteroatoms. The van der Waals surface area contributed by atoms with Crippen LogP contribution in [0, 0.1) is 0 Å². The molecule has 3 aromatic heterocycles. The van der Waals surface area contributed by atoms with Crippen molar-refractivity contribution in [3.8, 4) is 0 Å². The molecule has 0 aliphatic rings. The van der Waals surface area contributed by atoms with Crippen molar-refractivity contribution in [3.05, 3.63) is 24.2 Å². The Bertz CT molecular complexity index is 1060. The topological polar surface area (TPSA) is 107 Å². The quantitative estimate of drug-likeness (QED) is 0.591. The average molecular weight is 391 g/mol. The number of imidazole rings is 1. The predicted octanol–water partition coefficient (Wildman–Crippen LogP) is 2.19. The summed E-state index contributed by atoms with van der Waals surface area (Å²) in [6.45, 7) is 2.77. The largest absolute Gasteiger partial charge is 0.382 e. The minimum Gasteiger partial charge on any atom is -0.382 e. The van der Waals surface area contributed by atoms with E-state index in [4.69, 9.17) is 10.7 Å². The number of unbranched alkanes of at least 4 members (excludes halogenated alkanes) is 1. The molecular weight excluding hydrogens is 364 g/mol. The summed E-state index contributed by atoms with van der Waals surface area (Å²) in [4.78, 5) is 13.6. The van der Waals surface area contributed by atoms with Crippen LogP contribution in [-0.2, 0) is 23.0 Å². The van der Waals surface area contributed by atoms with E-state index in [-0.39, 0.29) is 5.75 Å². The van der Waals surface area contributed by atoms with Crippen LogP contribution in [0.25, 0.3) is 22.1 Å². The second-order valence-corrected chi connectivity index (χ2v) is 9.10. The van der Waals surface area contributed by atoms with Gasteiger partial charge >= 0.3 is 0 Å². The average Bonchev–Trinajstić information content (AvgIpc) is 2.98. The van der Waals surface area contributed by atoms with Gasteiger partial charge in [-0.2, -0.15) is 0 Å². The van der Waals surface area contributed by atoms with Gasteiger partial charge in [0.1, 0.15) is 22.4 Å². The molecule has 0 aliphatic carbocycles. The second-order valence-electron chi connectivity index (χ2n) is 6.80. The fourth-order valence-corrected chi connectivity index (χ4v) is 4.10. The Morgan fingerprint density at radius 3 is 2.67 bits per heavy atom. The minimum atomic E-state index is -3.18. The van der Waals surface area contributed by atoms with Crippen LogP contribution in [0.5, 0.6) is 0 Å². The predicted molar refractivity (Wildman–Crippen MR) is 108 cm³/mol. The van der Waals surface area contributed by atoms with Gasteiger partial charge in [-0.05, 0) is 31.4 Å². The van der Waals surface area contributed by atoms with E-state index >= 15 is 0 Å². The Morgan fingerprint density at radius 1 is 1.19 bits per heavy atom. The number of hydrogen-bond acceptors (Lipinski definition) is 6. The van der Waals surface area contributed by atoms with Crippen molar-refractivity contribution in [1.82, 2.24) is 23.8 Å². The van der Waals surface area contributed by atoms with Gasteiger partial charge in [0.25, 0.3) is 0 Å². The van der Waals surface area contributed by atoms with Crippen LogP contribution >= 0.6 is 0 Å². The monoisotopic (exact) mass is 390 g/mol. The molecule has 0 spiro atoms. The van der Waals surface area contributed by atoms with Crippen LogP contribution in [-0.4, -0.2) is 52.1 Å². The number of aromatic nitrogens is 4. The number of sulfonamides is 1. The molecule has 0 amide bonds. The highest BCUT2D eigenvalue weighted by Crippen LogP contribution is 2.28. The summed E-state index contributed by atoms with van der Waals surface area (Å²) >= 11 is 0. The molecule has 3 rings (SSSR count). The van der Waals surface area contributed by atoms with Gasteiger partial charge in [-0.1, -0.05) is 6.92 Å². The van der Waals surface area contributed by atoms with E-state index in [9.17, 15) is 8.42 Å². The number of pyridine rings is 2. The van der Waals surface area contributed by atoms with Gasteiger partial charge in [-0.15, -0.1) is 0 Å². The molecule has 0 radical (unpaired) electrons.